The van der Waals surface area contributed by atoms with E-state index in [2.05, 4.69) is 27.5 Å². The van der Waals surface area contributed by atoms with Crippen LogP contribution >= 0.6 is 0 Å². The van der Waals surface area contributed by atoms with Crippen LogP contribution < -0.4 is 10.6 Å². The third-order valence-corrected chi connectivity index (χ3v) is 2.83. The number of hydrogen-bond acceptors (Lipinski definition) is 5. The standard InChI is InChI=1S/C13H22N4O/c1-3-14-11-7-12(15-8-10-5-6-10)17-13(16-11)9-18-4-2/h7,10H,3-6,8-9H2,1-2H3,(H2,14,15,16,17). The molecule has 0 aliphatic heterocycles. The Morgan fingerprint density at radius 3 is 2.56 bits per heavy atom. The summed E-state index contributed by atoms with van der Waals surface area (Å²) < 4.78 is 5.37. The van der Waals surface area contributed by atoms with Gasteiger partial charge in [-0.1, -0.05) is 0 Å². The molecule has 1 aromatic heterocycles. The van der Waals surface area contributed by atoms with E-state index in [1.807, 2.05) is 13.0 Å². The third kappa shape index (κ3) is 4.14. The van der Waals surface area contributed by atoms with Gasteiger partial charge in [-0.3, -0.25) is 0 Å². The second-order valence-electron chi connectivity index (χ2n) is 4.55. The van der Waals surface area contributed by atoms with E-state index in [4.69, 9.17) is 4.74 Å². The average molecular weight is 250 g/mol. The molecule has 0 unspecified atom stereocenters. The summed E-state index contributed by atoms with van der Waals surface area (Å²) >= 11 is 0. The van der Waals surface area contributed by atoms with E-state index in [0.29, 0.717) is 13.2 Å². The Kier molecular flexibility index (Phi) is 4.75. The van der Waals surface area contributed by atoms with Gasteiger partial charge in [-0.05, 0) is 32.6 Å². The van der Waals surface area contributed by atoms with Crippen LogP contribution in [0.25, 0.3) is 0 Å². The number of nitrogens with one attached hydrogen (secondary N) is 2. The molecule has 1 saturated carbocycles. The lowest BCUT2D eigenvalue weighted by molar-refractivity contribution is 0.128. The highest BCUT2D eigenvalue weighted by Crippen LogP contribution is 2.28. The van der Waals surface area contributed by atoms with E-state index in [0.717, 1.165) is 36.5 Å². The zero-order valence-electron chi connectivity index (χ0n) is 11.2. The van der Waals surface area contributed by atoms with Crippen LogP contribution in [0.15, 0.2) is 6.07 Å². The Bertz CT molecular complexity index is 379. The molecule has 0 amide bonds. The molecule has 2 rings (SSSR count). The summed E-state index contributed by atoms with van der Waals surface area (Å²) in [6.45, 7) is 7.04. The van der Waals surface area contributed by atoms with Crippen molar-refractivity contribution in [1.29, 1.82) is 0 Å². The van der Waals surface area contributed by atoms with Crippen LogP contribution in [0, 0.1) is 5.92 Å². The third-order valence-electron chi connectivity index (χ3n) is 2.83. The topological polar surface area (TPSA) is 59.1 Å². The van der Waals surface area contributed by atoms with E-state index in [1.165, 1.54) is 12.8 Å². The van der Waals surface area contributed by atoms with Crippen LogP contribution in [0.5, 0.6) is 0 Å². The Morgan fingerprint density at radius 1 is 1.22 bits per heavy atom. The average Bonchev–Trinajstić information content (AvgIpc) is 3.18. The van der Waals surface area contributed by atoms with Gasteiger partial charge in [-0.25, -0.2) is 9.97 Å². The second-order valence-corrected chi connectivity index (χ2v) is 4.55. The molecule has 0 atom stereocenters. The molecule has 18 heavy (non-hydrogen) atoms. The summed E-state index contributed by atoms with van der Waals surface area (Å²) in [7, 11) is 0. The largest absolute Gasteiger partial charge is 0.374 e. The molecule has 1 heterocycles. The summed E-state index contributed by atoms with van der Waals surface area (Å²) in [5.74, 6) is 3.31. The second kappa shape index (κ2) is 6.54. The molecule has 5 heteroatoms. The normalized spacial score (nSPS) is 14.6. The van der Waals surface area contributed by atoms with E-state index in [1.54, 1.807) is 0 Å². The van der Waals surface area contributed by atoms with Gasteiger partial charge in [0.15, 0.2) is 5.82 Å². The van der Waals surface area contributed by atoms with E-state index >= 15 is 0 Å². The maximum absolute atomic E-state index is 5.37. The van der Waals surface area contributed by atoms with Crippen molar-refractivity contribution < 1.29 is 4.74 Å². The highest BCUT2D eigenvalue weighted by atomic mass is 16.5. The van der Waals surface area contributed by atoms with Gasteiger partial charge in [0.05, 0.1) is 0 Å². The molecule has 5 nitrogen and oxygen atoms in total. The zero-order valence-corrected chi connectivity index (χ0v) is 11.2. The highest BCUT2D eigenvalue weighted by Gasteiger charge is 2.20. The summed E-state index contributed by atoms with van der Waals surface area (Å²) in [5.41, 5.74) is 0. The number of aromatic nitrogens is 2. The van der Waals surface area contributed by atoms with Gasteiger partial charge < -0.3 is 15.4 Å². The van der Waals surface area contributed by atoms with E-state index < -0.39 is 0 Å². The molecule has 0 saturated heterocycles. The molecule has 1 fully saturated rings. The zero-order chi connectivity index (χ0) is 12.8. The van der Waals surface area contributed by atoms with Gasteiger partial charge in [-0.2, -0.15) is 0 Å². The Labute approximate surface area is 108 Å². The highest BCUT2D eigenvalue weighted by molar-refractivity contribution is 5.47. The first-order valence-corrected chi connectivity index (χ1v) is 6.75. The van der Waals surface area contributed by atoms with Gasteiger partial charge in [0.25, 0.3) is 0 Å². The smallest absolute Gasteiger partial charge is 0.158 e. The first kappa shape index (κ1) is 13.1. The Morgan fingerprint density at radius 2 is 1.94 bits per heavy atom. The van der Waals surface area contributed by atoms with Gasteiger partial charge in [0.1, 0.15) is 18.2 Å². The molecule has 1 aliphatic rings. The van der Waals surface area contributed by atoms with Crippen molar-refractivity contribution in [2.75, 3.05) is 30.3 Å². The minimum absolute atomic E-state index is 0.466. The van der Waals surface area contributed by atoms with Crippen molar-refractivity contribution in [3.05, 3.63) is 11.9 Å². The molecule has 0 aromatic carbocycles. The molecule has 0 radical (unpaired) electrons. The molecular formula is C13H22N4O. The molecule has 2 N–H and O–H groups in total. The maximum Gasteiger partial charge on any atom is 0.158 e. The lowest BCUT2D eigenvalue weighted by Crippen LogP contribution is -2.10. The van der Waals surface area contributed by atoms with Crippen LogP contribution in [-0.2, 0) is 11.3 Å². The number of ether oxygens (including phenoxy) is 1. The minimum atomic E-state index is 0.466. The monoisotopic (exact) mass is 250 g/mol. The molecule has 0 bridgehead atoms. The molecule has 100 valence electrons. The summed E-state index contributed by atoms with van der Waals surface area (Å²) in [6.07, 6.45) is 2.67. The number of nitrogens with zero attached hydrogens (tertiary/aromatic N) is 2. The van der Waals surface area contributed by atoms with Crippen molar-refractivity contribution in [2.45, 2.75) is 33.3 Å². The van der Waals surface area contributed by atoms with Crippen molar-refractivity contribution in [1.82, 2.24) is 9.97 Å². The van der Waals surface area contributed by atoms with Gasteiger partial charge in [0.2, 0.25) is 0 Å². The minimum Gasteiger partial charge on any atom is -0.374 e. The van der Waals surface area contributed by atoms with Crippen molar-refractivity contribution >= 4 is 11.6 Å². The fourth-order valence-corrected chi connectivity index (χ4v) is 1.69. The van der Waals surface area contributed by atoms with Crippen LogP contribution in [0.3, 0.4) is 0 Å². The fourth-order valence-electron chi connectivity index (χ4n) is 1.69. The maximum atomic E-state index is 5.37. The SMILES string of the molecule is CCNc1cc(NCC2CC2)nc(COCC)n1. The van der Waals surface area contributed by atoms with Gasteiger partial charge in [-0.15, -0.1) is 0 Å². The molecule has 0 spiro atoms. The lowest BCUT2D eigenvalue weighted by atomic mass is 10.4. The number of hydrogen-bond donors (Lipinski definition) is 2. The summed E-state index contributed by atoms with van der Waals surface area (Å²) in [6, 6.07) is 1.96. The van der Waals surface area contributed by atoms with Crippen LogP contribution in [0.1, 0.15) is 32.5 Å². The molecule has 1 aliphatic carbocycles. The Balaban J connectivity index is 2.01. The Hall–Kier alpha value is -1.36. The van der Waals surface area contributed by atoms with Crippen LogP contribution in [0.2, 0.25) is 0 Å². The predicted molar refractivity (Wildman–Crippen MR) is 72.7 cm³/mol. The van der Waals surface area contributed by atoms with Gasteiger partial charge in [0, 0.05) is 25.8 Å². The summed E-state index contributed by atoms with van der Waals surface area (Å²) in [5, 5.41) is 6.60. The van der Waals surface area contributed by atoms with Gasteiger partial charge >= 0.3 is 0 Å². The van der Waals surface area contributed by atoms with Crippen molar-refractivity contribution in [3.63, 3.8) is 0 Å². The lowest BCUT2D eigenvalue weighted by Gasteiger charge is -2.10. The van der Waals surface area contributed by atoms with Crippen LogP contribution in [-0.4, -0.2) is 29.7 Å². The van der Waals surface area contributed by atoms with E-state index in [9.17, 15) is 0 Å². The molecule has 1 aromatic rings. The first-order valence-electron chi connectivity index (χ1n) is 6.75. The quantitative estimate of drug-likeness (QED) is 0.741. The van der Waals surface area contributed by atoms with Crippen molar-refractivity contribution in [3.8, 4) is 0 Å². The van der Waals surface area contributed by atoms with Crippen molar-refractivity contribution in [2.24, 2.45) is 5.92 Å². The van der Waals surface area contributed by atoms with E-state index in [-0.39, 0.29) is 0 Å². The summed E-state index contributed by atoms with van der Waals surface area (Å²) in [4.78, 5) is 8.88. The first-order chi connectivity index (χ1) is 8.81. The number of anilines is 2. The van der Waals surface area contributed by atoms with Crippen LogP contribution in [0.4, 0.5) is 11.6 Å². The number of rotatable bonds is 8. The predicted octanol–water partition coefficient (Wildman–Crippen LogP) is 2.27. The fraction of sp³-hybridized carbons (Fsp3) is 0.692. The molecular weight excluding hydrogens is 228 g/mol.